The van der Waals surface area contributed by atoms with Crippen LogP contribution in [-0.2, 0) is 24.3 Å². The zero-order chi connectivity index (χ0) is 20.8. The average Bonchev–Trinajstić information content (AvgIpc) is 3.31. The number of nitrogens with zero attached hydrogens (tertiary/aromatic N) is 2. The number of aliphatic hydroxyl groups excluding tert-OH is 1. The number of hydrogen-bond acceptors (Lipinski definition) is 4. The fourth-order valence-corrected chi connectivity index (χ4v) is 5.44. The Labute approximate surface area is 175 Å². The quantitative estimate of drug-likeness (QED) is 0.816. The molecule has 6 heteroatoms. The Balaban J connectivity index is 1.40. The van der Waals surface area contributed by atoms with Crippen molar-refractivity contribution in [1.82, 2.24) is 14.8 Å². The molecule has 0 unspecified atom stereocenters. The van der Waals surface area contributed by atoms with Crippen LogP contribution in [0, 0.1) is 11.8 Å². The van der Waals surface area contributed by atoms with Crippen molar-refractivity contribution >= 4 is 12.0 Å². The van der Waals surface area contributed by atoms with E-state index >= 15 is 0 Å². The van der Waals surface area contributed by atoms with E-state index in [4.69, 9.17) is 0 Å². The zero-order valence-corrected chi connectivity index (χ0v) is 17.1. The maximum atomic E-state index is 13.4. The van der Waals surface area contributed by atoms with Gasteiger partial charge in [0.2, 0.25) is 5.91 Å². The number of pyridine rings is 1. The molecule has 0 aliphatic carbocycles. The first-order valence-electron chi connectivity index (χ1n) is 10.7. The first kappa shape index (κ1) is 19.3. The van der Waals surface area contributed by atoms with Crippen molar-refractivity contribution in [3.63, 3.8) is 0 Å². The lowest BCUT2D eigenvalue weighted by Gasteiger charge is -2.33. The first-order chi connectivity index (χ1) is 14.6. The van der Waals surface area contributed by atoms with Crippen LogP contribution in [0.5, 0.6) is 0 Å². The SMILES string of the molecule is C/C=C\c1ccc2n(c1=O)C[C@@H]1[C@@H](CO)[C@H](C(=O)N3CCc4ccccc4C3)N[C@H]21. The number of carbonyl (C=O) groups excluding carboxylic acids is 1. The van der Waals surface area contributed by atoms with Gasteiger partial charge in [-0.1, -0.05) is 36.4 Å². The van der Waals surface area contributed by atoms with E-state index in [-0.39, 0.29) is 36.0 Å². The Morgan fingerprint density at radius 3 is 2.80 bits per heavy atom. The summed E-state index contributed by atoms with van der Waals surface area (Å²) in [5.74, 6) is -0.115. The van der Waals surface area contributed by atoms with Crippen molar-refractivity contribution in [1.29, 1.82) is 0 Å². The van der Waals surface area contributed by atoms with Gasteiger partial charge in [-0.3, -0.25) is 14.9 Å². The molecule has 0 saturated carbocycles. The third kappa shape index (κ3) is 2.94. The van der Waals surface area contributed by atoms with Crippen LogP contribution in [-0.4, -0.2) is 39.7 Å². The summed E-state index contributed by atoms with van der Waals surface area (Å²) in [6.07, 6.45) is 4.54. The second kappa shape index (κ2) is 7.52. The molecule has 30 heavy (non-hydrogen) atoms. The van der Waals surface area contributed by atoms with Crippen LogP contribution in [0.1, 0.15) is 35.3 Å². The van der Waals surface area contributed by atoms with Crippen LogP contribution in [0.4, 0.5) is 0 Å². The van der Waals surface area contributed by atoms with Crippen molar-refractivity contribution < 1.29 is 9.90 Å². The Hall–Kier alpha value is -2.70. The van der Waals surface area contributed by atoms with Gasteiger partial charge in [-0.15, -0.1) is 0 Å². The smallest absolute Gasteiger partial charge is 0.258 e. The molecule has 1 amide bonds. The van der Waals surface area contributed by atoms with Gasteiger partial charge in [-0.25, -0.2) is 0 Å². The summed E-state index contributed by atoms with van der Waals surface area (Å²) in [5.41, 5.74) is 4.08. The minimum absolute atomic E-state index is 0.00555. The zero-order valence-electron chi connectivity index (χ0n) is 17.1. The molecule has 1 fully saturated rings. The third-order valence-corrected chi connectivity index (χ3v) is 6.98. The predicted octanol–water partition coefficient (Wildman–Crippen LogP) is 1.72. The van der Waals surface area contributed by atoms with Crippen molar-refractivity contribution in [3.8, 4) is 0 Å². The van der Waals surface area contributed by atoms with Gasteiger partial charge in [-0.05, 0) is 36.6 Å². The molecule has 0 radical (unpaired) electrons. The van der Waals surface area contributed by atoms with Crippen LogP contribution >= 0.6 is 0 Å². The molecule has 2 N–H and O–H groups in total. The molecular formula is C24H27N3O3. The summed E-state index contributed by atoms with van der Waals surface area (Å²) in [4.78, 5) is 28.1. The summed E-state index contributed by atoms with van der Waals surface area (Å²) in [6, 6.07) is 11.6. The highest BCUT2D eigenvalue weighted by molar-refractivity contribution is 5.83. The van der Waals surface area contributed by atoms with E-state index in [0.717, 1.165) is 12.1 Å². The molecule has 1 saturated heterocycles. The molecule has 0 bridgehead atoms. The summed E-state index contributed by atoms with van der Waals surface area (Å²) in [7, 11) is 0. The molecule has 4 heterocycles. The van der Waals surface area contributed by atoms with Crippen molar-refractivity contribution in [2.75, 3.05) is 13.2 Å². The maximum absolute atomic E-state index is 13.4. The summed E-state index contributed by atoms with van der Waals surface area (Å²) < 4.78 is 1.80. The van der Waals surface area contributed by atoms with Crippen molar-refractivity contribution in [3.05, 3.63) is 75.2 Å². The van der Waals surface area contributed by atoms with Gasteiger partial charge < -0.3 is 14.6 Å². The van der Waals surface area contributed by atoms with E-state index in [1.54, 1.807) is 4.57 Å². The number of nitrogens with one attached hydrogen (secondary N) is 1. The van der Waals surface area contributed by atoms with E-state index in [2.05, 4.69) is 17.4 Å². The molecule has 4 atom stereocenters. The minimum Gasteiger partial charge on any atom is -0.396 e. The molecule has 3 aliphatic rings. The Morgan fingerprint density at radius 2 is 2.03 bits per heavy atom. The van der Waals surface area contributed by atoms with E-state index < -0.39 is 6.04 Å². The molecular weight excluding hydrogens is 378 g/mol. The normalized spacial score (nSPS) is 27.2. The number of fused-ring (bicyclic) bond motifs is 4. The number of aromatic nitrogens is 1. The number of aliphatic hydroxyl groups is 1. The molecule has 0 spiro atoms. The van der Waals surface area contributed by atoms with Crippen molar-refractivity contribution in [2.45, 2.75) is 38.5 Å². The lowest BCUT2D eigenvalue weighted by Crippen LogP contribution is -2.49. The maximum Gasteiger partial charge on any atom is 0.258 e. The van der Waals surface area contributed by atoms with E-state index in [1.807, 2.05) is 48.2 Å². The number of allylic oxidation sites excluding steroid dienone is 1. The van der Waals surface area contributed by atoms with Crippen molar-refractivity contribution in [2.24, 2.45) is 11.8 Å². The fourth-order valence-electron chi connectivity index (χ4n) is 5.44. The third-order valence-electron chi connectivity index (χ3n) is 6.98. The standard InChI is InChI=1S/C24H27N3O3/c1-2-5-16-8-9-20-21-18(13-27(20)23(16)29)19(14-28)22(25-21)24(30)26-11-10-15-6-3-4-7-17(15)12-26/h2-9,18-19,21-22,25,28H,10-14H2,1H3/b5-2-/t18-,19-,21+,22-/m1/s1. The highest BCUT2D eigenvalue weighted by Crippen LogP contribution is 2.43. The van der Waals surface area contributed by atoms with Crippen LogP contribution < -0.4 is 10.9 Å². The minimum atomic E-state index is -0.422. The summed E-state index contributed by atoms with van der Waals surface area (Å²) in [5, 5.41) is 13.6. The molecule has 2 aromatic rings. The summed E-state index contributed by atoms with van der Waals surface area (Å²) >= 11 is 0. The fraction of sp³-hybridized carbons (Fsp3) is 0.417. The van der Waals surface area contributed by atoms with E-state index in [9.17, 15) is 14.7 Å². The first-order valence-corrected chi connectivity index (χ1v) is 10.7. The number of rotatable bonds is 3. The van der Waals surface area contributed by atoms with E-state index in [1.165, 1.54) is 11.1 Å². The predicted molar refractivity (Wildman–Crippen MR) is 115 cm³/mol. The Morgan fingerprint density at radius 1 is 1.23 bits per heavy atom. The number of benzene rings is 1. The largest absolute Gasteiger partial charge is 0.396 e. The number of amides is 1. The molecule has 3 aliphatic heterocycles. The lowest BCUT2D eigenvalue weighted by molar-refractivity contribution is -0.135. The van der Waals surface area contributed by atoms with Crippen LogP contribution in [0.2, 0.25) is 0 Å². The van der Waals surface area contributed by atoms with Crippen LogP contribution in [0.25, 0.3) is 6.08 Å². The molecule has 156 valence electrons. The monoisotopic (exact) mass is 405 g/mol. The number of carbonyl (C=O) groups is 1. The lowest BCUT2D eigenvalue weighted by atomic mass is 9.87. The number of hydrogen-bond donors (Lipinski definition) is 2. The van der Waals surface area contributed by atoms with Crippen LogP contribution in [0.15, 0.2) is 47.3 Å². The molecule has 1 aromatic carbocycles. The van der Waals surface area contributed by atoms with Crippen LogP contribution in [0.3, 0.4) is 0 Å². The molecule has 5 rings (SSSR count). The Kier molecular flexibility index (Phi) is 4.83. The highest BCUT2D eigenvalue weighted by Gasteiger charge is 2.51. The molecule has 1 aromatic heterocycles. The highest BCUT2D eigenvalue weighted by atomic mass is 16.3. The van der Waals surface area contributed by atoms with Gasteiger partial charge in [0.25, 0.3) is 5.56 Å². The summed E-state index contributed by atoms with van der Waals surface area (Å²) in [6.45, 7) is 3.67. The van der Waals surface area contributed by atoms with Gasteiger partial charge in [-0.2, -0.15) is 0 Å². The molecule has 6 nitrogen and oxygen atoms in total. The van der Waals surface area contributed by atoms with Gasteiger partial charge in [0, 0.05) is 49.3 Å². The van der Waals surface area contributed by atoms with Gasteiger partial charge in [0.15, 0.2) is 0 Å². The second-order valence-corrected chi connectivity index (χ2v) is 8.54. The van der Waals surface area contributed by atoms with E-state index in [0.29, 0.717) is 25.2 Å². The second-order valence-electron chi connectivity index (χ2n) is 8.54. The Bertz CT molecular complexity index is 1070. The van der Waals surface area contributed by atoms with Gasteiger partial charge in [0.1, 0.15) is 0 Å². The van der Waals surface area contributed by atoms with Gasteiger partial charge in [0.05, 0.1) is 12.1 Å². The average molecular weight is 405 g/mol. The van der Waals surface area contributed by atoms with Gasteiger partial charge >= 0.3 is 0 Å². The topological polar surface area (TPSA) is 74.6 Å².